The Morgan fingerprint density at radius 3 is 2.03 bits per heavy atom. The molecule has 2 heterocycles. The van der Waals surface area contributed by atoms with Crippen LogP contribution in [0.3, 0.4) is 0 Å². The minimum atomic E-state index is 1.04. The van der Waals surface area contributed by atoms with Crippen molar-refractivity contribution in [1.82, 2.24) is 9.97 Å². The number of benzene rings is 5. The number of nitrogens with zero attached hydrogens (tertiary/aromatic N) is 2. The van der Waals surface area contributed by atoms with Crippen LogP contribution in [-0.4, -0.2) is 9.97 Å². The Balaban J connectivity index is 1.58. The summed E-state index contributed by atoms with van der Waals surface area (Å²) in [5, 5.41) is 9.93. The van der Waals surface area contributed by atoms with Crippen LogP contribution in [0.5, 0.6) is 0 Å². The fourth-order valence-electron chi connectivity index (χ4n) is 5.29. The van der Waals surface area contributed by atoms with Gasteiger partial charge < -0.3 is 0 Å². The molecule has 0 spiro atoms. The topological polar surface area (TPSA) is 25.8 Å². The fourth-order valence-corrected chi connectivity index (χ4v) is 5.29. The highest BCUT2D eigenvalue weighted by Gasteiger charge is 2.16. The number of pyridine rings is 2. The summed E-state index contributed by atoms with van der Waals surface area (Å²) < 4.78 is 0. The van der Waals surface area contributed by atoms with Crippen molar-refractivity contribution < 1.29 is 0 Å². The largest absolute Gasteiger partial charge is 0.252 e. The molecule has 0 N–H and O–H groups in total. The maximum atomic E-state index is 5.02. The molecule has 2 nitrogen and oxygen atoms in total. The van der Waals surface area contributed by atoms with Crippen LogP contribution >= 0.6 is 0 Å². The van der Waals surface area contributed by atoms with Crippen LogP contribution in [-0.2, 0) is 0 Å². The second-order valence-corrected chi connectivity index (χ2v) is 8.73. The van der Waals surface area contributed by atoms with Gasteiger partial charge in [0.05, 0.1) is 11.0 Å². The van der Waals surface area contributed by atoms with E-state index in [1.807, 2.05) is 0 Å². The van der Waals surface area contributed by atoms with E-state index in [0.717, 1.165) is 22.4 Å². The van der Waals surface area contributed by atoms with Crippen LogP contribution in [0.25, 0.3) is 65.3 Å². The molecule has 0 atom stereocenters. The maximum Gasteiger partial charge on any atom is 0.0725 e. The minimum absolute atomic E-state index is 1.04. The first-order chi connectivity index (χ1) is 15.7. The van der Waals surface area contributed by atoms with Crippen LogP contribution < -0.4 is 0 Å². The lowest BCUT2D eigenvalue weighted by Gasteiger charge is -2.15. The summed E-state index contributed by atoms with van der Waals surface area (Å²) in [6, 6.07) is 30.7. The van der Waals surface area contributed by atoms with Gasteiger partial charge in [-0.1, -0.05) is 60.7 Å². The highest BCUT2D eigenvalue weighted by molar-refractivity contribution is 6.22. The molecule has 32 heavy (non-hydrogen) atoms. The highest BCUT2D eigenvalue weighted by atomic mass is 14.7. The van der Waals surface area contributed by atoms with Gasteiger partial charge in [0, 0.05) is 32.9 Å². The summed E-state index contributed by atoms with van der Waals surface area (Å²) in [6.45, 7) is 4.20. The molecule has 7 rings (SSSR count). The predicted molar refractivity (Wildman–Crippen MR) is 136 cm³/mol. The van der Waals surface area contributed by atoms with E-state index < -0.39 is 0 Å². The number of hydrogen-bond donors (Lipinski definition) is 0. The zero-order valence-electron chi connectivity index (χ0n) is 18.0. The summed E-state index contributed by atoms with van der Waals surface area (Å²) >= 11 is 0. The molecule has 150 valence electrons. The molecule has 0 aliphatic rings. The number of fused-ring (bicyclic) bond motifs is 3. The van der Waals surface area contributed by atoms with Crippen molar-refractivity contribution in [2.24, 2.45) is 0 Å². The monoisotopic (exact) mass is 408 g/mol. The molecule has 0 unspecified atom stereocenters. The lowest BCUT2D eigenvalue weighted by Crippen LogP contribution is -1.96. The average molecular weight is 409 g/mol. The first-order valence-corrected chi connectivity index (χ1v) is 11.0. The molecule has 0 bridgehead atoms. The van der Waals surface area contributed by atoms with Gasteiger partial charge in [-0.2, -0.15) is 0 Å². The standard InChI is InChI=1S/C30H20N2/c1-17-23-8-5-9-27-29(23)30-25(18(2)31-27)15-22(16-28(30)32-17)21-13-12-20-11-10-19-6-3-4-7-24(19)26(20)14-21/h3-16H,1-2H3. The summed E-state index contributed by atoms with van der Waals surface area (Å²) in [5.74, 6) is 0. The van der Waals surface area contributed by atoms with E-state index in [1.54, 1.807) is 0 Å². The fraction of sp³-hybridized carbons (Fsp3) is 0.0667. The second-order valence-electron chi connectivity index (χ2n) is 8.73. The number of aryl methyl sites for hydroxylation is 2. The first kappa shape index (κ1) is 17.6. The summed E-state index contributed by atoms with van der Waals surface area (Å²) in [7, 11) is 0. The third kappa shape index (κ3) is 2.35. The average Bonchev–Trinajstić information content (AvgIpc) is 2.83. The van der Waals surface area contributed by atoms with Crippen LogP contribution in [0.4, 0.5) is 0 Å². The molecule has 7 aromatic rings. The van der Waals surface area contributed by atoms with Gasteiger partial charge in [0.1, 0.15) is 0 Å². The number of hydrogen-bond acceptors (Lipinski definition) is 2. The van der Waals surface area contributed by atoms with E-state index in [9.17, 15) is 0 Å². The van der Waals surface area contributed by atoms with Gasteiger partial charge in [-0.3, -0.25) is 9.97 Å². The molecule has 0 saturated carbocycles. The molecule has 5 aromatic carbocycles. The molecular formula is C30H20N2. The van der Waals surface area contributed by atoms with Gasteiger partial charge in [-0.05, 0) is 70.8 Å². The molecule has 0 aliphatic heterocycles. The van der Waals surface area contributed by atoms with Crippen LogP contribution in [0.1, 0.15) is 11.4 Å². The van der Waals surface area contributed by atoms with E-state index in [-0.39, 0.29) is 0 Å². The van der Waals surface area contributed by atoms with Gasteiger partial charge in [0.25, 0.3) is 0 Å². The van der Waals surface area contributed by atoms with Crippen molar-refractivity contribution in [2.75, 3.05) is 0 Å². The Labute approximate surface area is 185 Å². The molecule has 0 amide bonds. The molecule has 0 fully saturated rings. The SMILES string of the molecule is Cc1nc2cc(-c3ccc4ccc5ccccc5c4c3)cc3c(C)nc4cccc1c4c23. The van der Waals surface area contributed by atoms with E-state index in [0.29, 0.717) is 0 Å². The van der Waals surface area contributed by atoms with Crippen molar-refractivity contribution in [1.29, 1.82) is 0 Å². The van der Waals surface area contributed by atoms with Crippen molar-refractivity contribution in [3.63, 3.8) is 0 Å². The van der Waals surface area contributed by atoms with Crippen molar-refractivity contribution in [2.45, 2.75) is 13.8 Å². The Morgan fingerprint density at radius 1 is 0.469 bits per heavy atom. The van der Waals surface area contributed by atoms with E-state index in [4.69, 9.17) is 9.97 Å². The highest BCUT2D eigenvalue weighted by Crippen LogP contribution is 2.38. The van der Waals surface area contributed by atoms with E-state index >= 15 is 0 Å². The van der Waals surface area contributed by atoms with Gasteiger partial charge in [0.15, 0.2) is 0 Å². The molecule has 2 heteroatoms. The Morgan fingerprint density at radius 2 is 1.12 bits per heavy atom. The minimum Gasteiger partial charge on any atom is -0.252 e. The lowest BCUT2D eigenvalue weighted by molar-refractivity contribution is 1.26. The smallest absolute Gasteiger partial charge is 0.0725 e. The molecular weight excluding hydrogens is 388 g/mol. The normalized spacial score (nSPS) is 12.1. The van der Waals surface area contributed by atoms with Crippen LogP contribution in [0.2, 0.25) is 0 Å². The molecule has 0 saturated heterocycles. The van der Waals surface area contributed by atoms with Gasteiger partial charge >= 0.3 is 0 Å². The summed E-state index contributed by atoms with van der Waals surface area (Å²) in [4.78, 5) is 9.96. The Hall–Kier alpha value is -4.04. The zero-order valence-corrected chi connectivity index (χ0v) is 18.0. The number of aromatic nitrogens is 2. The molecule has 0 aliphatic carbocycles. The van der Waals surface area contributed by atoms with Crippen molar-refractivity contribution in [3.05, 3.63) is 96.3 Å². The zero-order chi connectivity index (χ0) is 21.4. The second kappa shape index (κ2) is 6.24. The Bertz CT molecular complexity index is 1850. The van der Waals surface area contributed by atoms with Crippen LogP contribution in [0, 0.1) is 13.8 Å². The van der Waals surface area contributed by atoms with E-state index in [1.165, 1.54) is 54.2 Å². The Kier molecular flexibility index (Phi) is 3.44. The maximum absolute atomic E-state index is 5.02. The van der Waals surface area contributed by atoms with Gasteiger partial charge in [-0.25, -0.2) is 0 Å². The van der Waals surface area contributed by atoms with Gasteiger partial charge in [-0.15, -0.1) is 0 Å². The number of rotatable bonds is 1. The predicted octanol–water partition coefficient (Wildman–Crippen LogP) is 7.96. The molecule has 2 aromatic heterocycles. The van der Waals surface area contributed by atoms with Crippen LogP contribution in [0.15, 0.2) is 84.9 Å². The van der Waals surface area contributed by atoms with Crippen molar-refractivity contribution >= 4 is 54.1 Å². The summed E-state index contributed by atoms with van der Waals surface area (Å²) in [5.41, 5.74) is 6.58. The lowest BCUT2D eigenvalue weighted by atomic mass is 9.93. The third-order valence-electron chi connectivity index (χ3n) is 6.85. The van der Waals surface area contributed by atoms with E-state index in [2.05, 4.69) is 98.8 Å². The third-order valence-corrected chi connectivity index (χ3v) is 6.85. The van der Waals surface area contributed by atoms with Gasteiger partial charge in [0.2, 0.25) is 0 Å². The quantitative estimate of drug-likeness (QED) is 0.257. The summed E-state index contributed by atoms with van der Waals surface area (Å²) in [6.07, 6.45) is 0. The molecule has 0 radical (unpaired) electrons. The van der Waals surface area contributed by atoms with Crippen molar-refractivity contribution in [3.8, 4) is 11.1 Å². The first-order valence-electron chi connectivity index (χ1n) is 11.0.